The number of fused-ring (bicyclic) bond motifs is 3. The Balaban J connectivity index is 1.50. The molecule has 0 atom stereocenters. The Morgan fingerprint density at radius 2 is 1.46 bits per heavy atom. The van der Waals surface area contributed by atoms with E-state index in [-0.39, 0.29) is 0 Å². The van der Waals surface area contributed by atoms with Gasteiger partial charge in [0.1, 0.15) is 11.5 Å². The van der Waals surface area contributed by atoms with Crippen LogP contribution in [0.1, 0.15) is 15.9 Å². The van der Waals surface area contributed by atoms with Crippen molar-refractivity contribution in [1.82, 2.24) is 4.57 Å². The maximum Gasteiger partial charge on any atom is 0.249 e. The van der Waals surface area contributed by atoms with E-state index >= 15 is 0 Å². The van der Waals surface area contributed by atoms with Gasteiger partial charge in [0.05, 0.1) is 11.0 Å². The van der Waals surface area contributed by atoms with Gasteiger partial charge < -0.3 is 15.0 Å². The number of nitrogens with zero attached hydrogens (tertiary/aromatic N) is 1. The van der Waals surface area contributed by atoms with E-state index in [9.17, 15) is 4.79 Å². The first-order valence-electron chi connectivity index (χ1n) is 12.0. The van der Waals surface area contributed by atoms with E-state index in [1.165, 1.54) is 0 Å². The molecule has 1 heterocycles. The molecule has 0 aliphatic carbocycles. The SMILES string of the molecule is NC(=O)c1cccc2c1c1ccc(-c3ccc(Cl)cc3)cc1n2Cc1cccc(Oc2ccccc2)c1. The summed E-state index contributed by atoms with van der Waals surface area (Å²) >= 11 is 6.12. The molecule has 0 unspecified atom stereocenters. The Bertz CT molecular complexity index is 1760. The third kappa shape index (κ3) is 4.44. The van der Waals surface area contributed by atoms with Crippen molar-refractivity contribution in [2.24, 2.45) is 5.73 Å². The number of primary amides is 1. The van der Waals surface area contributed by atoms with E-state index in [1.54, 1.807) is 6.07 Å². The number of amides is 1. The molecule has 0 saturated carbocycles. The van der Waals surface area contributed by atoms with Crippen LogP contribution < -0.4 is 10.5 Å². The van der Waals surface area contributed by atoms with Crippen LogP contribution in [-0.4, -0.2) is 10.5 Å². The van der Waals surface area contributed by atoms with Crippen molar-refractivity contribution >= 4 is 39.3 Å². The van der Waals surface area contributed by atoms with Crippen molar-refractivity contribution in [2.45, 2.75) is 6.54 Å². The summed E-state index contributed by atoms with van der Waals surface area (Å²) in [4.78, 5) is 12.3. The van der Waals surface area contributed by atoms with Crippen LogP contribution in [0.2, 0.25) is 5.02 Å². The highest BCUT2D eigenvalue weighted by Gasteiger charge is 2.17. The van der Waals surface area contributed by atoms with Crippen LogP contribution in [0.4, 0.5) is 0 Å². The van der Waals surface area contributed by atoms with Gasteiger partial charge in [-0.2, -0.15) is 0 Å². The van der Waals surface area contributed by atoms with Gasteiger partial charge in [0.15, 0.2) is 0 Å². The van der Waals surface area contributed by atoms with Crippen LogP contribution in [0.3, 0.4) is 0 Å². The number of halogens is 1. The smallest absolute Gasteiger partial charge is 0.249 e. The standard InChI is InChI=1S/C32H23ClN2O2/c33-24-15-12-22(13-16-24)23-14-17-27-30(19-23)35(29-11-5-10-28(31(27)29)32(34)36)20-21-6-4-9-26(18-21)37-25-7-2-1-3-8-25/h1-19H,20H2,(H2,34,36). The Morgan fingerprint density at radius 1 is 0.730 bits per heavy atom. The molecule has 4 nitrogen and oxygen atoms in total. The second-order valence-corrected chi connectivity index (χ2v) is 9.39. The van der Waals surface area contributed by atoms with Crippen LogP contribution >= 0.6 is 11.6 Å². The van der Waals surface area contributed by atoms with Gasteiger partial charge in [0.2, 0.25) is 5.91 Å². The minimum absolute atomic E-state index is 0.440. The fourth-order valence-electron chi connectivity index (χ4n) is 4.86. The molecule has 6 rings (SSSR count). The Labute approximate surface area is 219 Å². The Hall–Kier alpha value is -4.54. The number of aromatic nitrogens is 1. The second kappa shape index (κ2) is 9.49. The molecule has 180 valence electrons. The monoisotopic (exact) mass is 502 g/mol. The number of carbonyl (C=O) groups is 1. The van der Waals surface area contributed by atoms with E-state index in [0.717, 1.165) is 50.0 Å². The van der Waals surface area contributed by atoms with Crippen LogP contribution in [0, 0.1) is 0 Å². The largest absolute Gasteiger partial charge is 0.457 e. The summed E-state index contributed by atoms with van der Waals surface area (Å²) in [6.07, 6.45) is 0. The molecule has 1 amide bonds. The molecule has 6 aromatic rings. The lowest BCUT2D eigenvalue weighted by molar-refractivity contribution is 0.100. The normalized spacial score (nSPS) is 11.2. The number of benzene rings is 5. The zero-order valence-electron chi connectivity index (χ0n) is 19.9. The molecule has 0 spiro atoms. The summed E-state index contributed by atoms with van der Waals surface area (Å²) in [5.41, 5.74) is 11.5. The van der Waals surface area contributed by atoms with Gasteiger partial charge in [-0.15, -0.1) is 0 Å². The summed E-state index contributed by atoms with van der Waals surface area (Å²) in [7, 11) is 0. The minimum Gasteiger partial charge on any atom is -0.457 e. The van der Waals surface area contributed by atoms with Crippen molar-refractivity contribution in [3.05, 3.63) is 131 Å². The fourth-order valence-corrected chi connectivity index (χ4v) is 4.98. The average molecular weight is 503 g/mol. The number of ether oxygens (including phenoxy) is 1. The fraction of sp³-hybridized carbons (Fsp3) is 0.0312. The summed E-state index contributed by atoms with van der Waals surface area (Å²) < 4.78 is 8.30. The predicted octanol–water partition coefficient (Wildman–Crippen LogP) is 8.05. The minimum atomic E-state index is -0.440. The molecule has 0 bridgehead atoms. The Morgan fingerprint density at radius 3 is 2.24 bits per heavy atom. The van der Waals surface area contributed by atoms with Crippen LogP contribution in [-0.2, 0) is 6.54 Å². The molecular weight excluding hydrogens is 480 g/mol. The number of para-hydroxylation sites is 1. The van der Waals surface area contributed by atoms with E-state index in [0.29, 0.717) is 17.1 Å². The highest BCUT2D eigenvalue weighted by molar-refractivity contribution is 6.30. The van der Waals surface area contributed by atoms with Gasteiger partial charge in [-0.05, 0) is 71.3 Å². The van der Waals surface area contributed by atoms with Gasteiger partial charge in [-0.3, -0.25) is 4.79 Å². The lowest BCUT2D eigenvalue weighted by Gasteiger charge is -2.11. The van der Waals surface area contributed by atoms with E-state index < -0.39 is 5.91 Å². The second-order valence-electron chi connectivity index (χ2n) is 8.95. The van der Waals surface area contributed by atoms with Gasteiger partial charge >= 0.3 is 0 Å². The number of carbonyl (C=O) groups excluding carboxylic acids is 1. The molecule has 5 heteroatoms. The zero-order valence-corrected chi connectivity index (χ0v) is 20.7. The zero-order chi connectivity index (χ0) is 25.4. The first-order valence-corrected chi connectivity index (χ1v) is 12.4. The molecule has 0 aliphatic rings. The molecule has 5 aromatic carbocycles. The van der Waals surface area contributed by atoms with Crippen molar-refractivity contribution in [1.29, 1.82) is 0 Å². The number of nitrogens with two attached hydrogens (primary N) is 1. The molecule has 37 heavy (non-hydrogen) atoms. The van der Waals surface area contributed by atoms with E-state index in [4.69, 9.17) is 22.1 Å². The molecule has 0 radical (unpaired) electrons. The molecule has 2 N–H and O–H groups in total. The maximum absolute atomic E-state index is 12.3. The van der Waals surface area contributed by atoms with E-state index in [2.05, 4.69) is 28.8 Å². The van der Waals surface area contributed by atoms with Gasteiger partial charge in [0, 0.05) is 27.9 Å². The lowest BCUT2D eigenvalue weighted by Crippen LogP contribution is -2.11. The summed E-state index contributed by atoms with van der Waals surface area (Å²) in [5.74, 6) is 1.11. The Kier molecular flexibility index (Phi) is 5.87. The highest BCUT2D eigenvalue weighted by Crippen LogP contribution is 2.35. The van der Waals surface area contributed by atoms with Crippen LogP contribution in [0.25, 0.3) is 32.9 Å². The number of hydrogen-bond acceptors (Lipinski definition) is 2. The number of rotatable bonds is 6. The maximum atomic E-state index is 12.3. The van der Waals surface area contributed by atoms with Gasteiger partial charge in [-0.25, -0.2) is 0 Å². The van der Waals surface area contributed by atoms with Crippen molar-refractivity contribution in [2.75, 3.05) is 0 Å². The molecule has 0 aliphatic heterocycles. The first kappa shape index (κ1) is 22.9. The molecular formula is C32H23ClN2O2. The topological polar surface area (TPSA) is 57.2 Å². The average Bonchev–Trinajstić information content (AvgIpc) is 3.22. The molecule has 0 fully saturated rings. The van der Waals surface area contributed by atoms with Crippen molar-refractivity contribution in [3.63, 3.8) is 0 Å². The summed E-state index contributed by atoms with van der Waals surface area (Å²) in [6, 6.07) is 37.6. The van der Waals surface area contributed by atoms with Crippen molar-refractivity contribution < 1.29 is 9.53 Å². The lowest BCUT2D eigenvalue weighted by atomic mass is 10.0. The molecule has 1 aromatic heterocycles. The van der Waals surface area contributed by atoms with Crippen LogP contribution in [0.15, 0.2) is 115 Å². The summed E-state index contributed by atoms with van der Waals surface area (Å²) in [6.45, 7) is 0.596. The summed E-state index contributed by atoms with van der Waals surface area (Å²) in [5, 5.41) is 2.55. The first-order chi connectivity index (χ1) is 18.1. The third-order valence-electron chi connectivity index (χ3n) is 6.55. The van der Waals surface area contributed by atoms with Gasteiger partial charge in [-0.1, -0.05) is 72.3 Å². The predicted molar refractivity (Wildman–Crippen MR) is 150 cm³/mol. The quantitative estimate of drug-likeness (QED) is 0.250. The highest BCUT2D eigenvalue weighted by atomic mass is 35.5. The number of hydrogen-bond donors (Lipinski definition) is 1. The molecule has 0 saturated heterocycles. The third-order valence-corrected chi connectivity index (χ3v) is 6.80. The van der Waals surface area contributed by atoms with E-state index in [1.807, 2.05) is 84.9 Å². The van der Waals surface area contributed by atoms with Crippen LogP contribution in [0.5, 0.6) is 11.5 Å². The van der Waals surface area contributed by atoms with Crippen molar-refractivity contribution in [3.8, 4) is 22.6 Å². The van der Waals surface area contributed by atoms with Gasteiger partial charge in [0.25, 0.3) is 0 Å².